The van der Waals surface area contributed by atoms with Crippen molar-refractivity contribution in [3.63, 3.8) is 0 Å². The number of aromatic amines is 1. The zero-order chi connectivity index (χ0) is 16.8. The third-order valence-corrected chi connectivity index (χ3v) is 4.61. The first-order valence-corrected chi connectivity index (χ1v) is 7.91. The molecule has 0 spiro atoms. The van der Waals surface area contributed by atoms with Crippen LogP contribution >= 0.6 is 0 Å². The van der Waals surface area contributed by atoms with Crippen molar-refractivity contribution < 1.29 is 9.53 Å². The predicted molar refractivity (Wildman–Crippen MR) is 90.1 cm³/mol. The molecule has 0 saturated heterocycles. The maximum atomic E-state index is 12.6. The molecule has 1 aliphatic rings. The van der Waals surface area contributed by atoms with E-state index < -0.39 is 0 Å². The molecule has 0 bridgehead atoms. The summed E-state index contributed by atoms with van der Waals surface area (Å²) in [7, 11) is 3.48. The van der Waals surface area contributed by atoms with E-state index in [9.17, 15) is 4.79 Å². The second-order valence-electron chi connectivity index (χ2n) is 6.22. The Morgan fingerprint density at radius 2 is 2.29 bits per heavy atom. The fourth-order valence-electron chi connectivity index (χ4n) is 3.26. The molecular weight excluding hydrogens is 306 g/mol. The third kappa shape index (κ3) is 2.33. The highest BCUT2D eigenvalue weighted by atomic mass is 16.5. The molecule has 1 amide bonds. The number of amides is 1. The Morgan fingerprint density at radius 1 is 1.46 bits per heavy atom. The first kappa shape index (κ1) is 14.7. The van der Waals surface area contributed by atoms with E-state index in [-0.39, 0.29) is 17.7 Å². The van der Waals surface area contributed by atoms with Crippen molar-refractivity contribution in [2.45, 2.75) is 19.3 Å². The normalized spacial score (nSPS) is 19.5. The quantitative estimate of drug-likeness (QED) is 0.771. The number of ether oxygens (including phenoxy) is 1. The first-order valence-electron chi connectivity index (χ1n) is 7.91. The zero-order valence-corrected chi connectivity index (χ0v) is 13.8. The Labute approximate surface area is 139 Å². The SMILES string of the molecule is COc1cccc(C2CC2C(=O)Nc2[nH]nc3c2c(C)nn3C)c1. The molecule has 2 N–H and O–H groups in total. The Morgan fingerprint density at radius 3 is 3.08 bits per heavy atom. The molecule has 124 valence electrons. The van der Waals surface area contributed by atoms with Gasteiger partial charge in [-0.2, -0.15) is 10.2 Å². The van der Waals surface area contributed by atoms with Gasteiger partial charge in [-0.1, -0.05) is 12.1 Å². The van der Waals surface area contributed by atoms with Crippen molar-refractivity contribution in [1.82, 2.24) is 20.0 Å². The molecule has 0 aliphatic heterocycles. The fraction of sp³-hybridized carbons (Fsp3) is 0.353. The molecule has 1 aromatic carbocycles. The zero-order valence-electron chi connectivity index (χ0n) is 13.8. The van der Waals surface area contributed by atoms with E-state index in [0.29, 0.717) is 5.82 Å². The number of fused-ring (bicyclic) bond motifs is 1. The molecule has 0 radical (unpaired) electrons. The molecule has 2 heterocycles. The summed E-state index contributed by atoms with van der Waals surface area (Å²) < 4.78 is 6.96. The van der Waals surface area contributed by atoms with Crippen LogP contribution in [-0.2, 0) is 11.8 Å². The molecule has 7 nitrogen and oxygen atoms in total. The van der Waals surface area contributed by atoms with E-state index in [0.717, 1.165) is 34.5 Å². The van der Waals surface area contributed by atoms with Gasteiger partial charge in [0.05, 0.1) is 18.2 Å². The van der Waals surface area contributed by atoms with E-state index in [1.54, 1.807) is 11.8 Å². The van der Waals surface area contributed by atoms with Crippen LogP contribution in [0.25, 0.3) is 11.0 Å². The molecular formula is C17H19N5O2. The van der Waals surface area contributed by atoms with Gasteiger partial charge in [-0.3, -0.25) is 9.89 Å². The minimum Gasteiger partial charge on any atom is -0.497 e. The van der Waals surface area contributed by atoms with Crippen LogP contribution in [0.2, 0.25) is 0 Å². The van der Waals surface area contributed by atoms with E-state index in [4.69, 9.17) is 4.74 Å². The number of rotatable bonds is 4. The monoisotopic (exact) mass is 325 g/mol. The van der Waals surface area contributed by atoms with Gasteiger partial charge in [0.1, 0.15) is 11.6 Å². The molecule has 2 aromatic heterocycles. The van der Waals surface area contributed by atoms with Crippen LogP contribution in [0.15, 0.2) is 24.3 Å². The summed E-state index contributed by atoms with van der Waals surface area (Å²) in [5.74, 6) is 1.68. The van der Waals surface area contributed by atoms with Gasteiger partial charge in [0.25, 0.3) is 0 Å². The van der Waals surface area contributed by atoms with Crippen molar-refractivity contribution in [3.05, 3.63) is 35.5 Å². The smallest absolute Gasteiger partial charge is 0.229 e. The van der Waals surface area contributed by atoms with E-state index in [1.807, 2.05) is 38.2 Å². The van der Waals surface area contributed by atoms with Crippen molar-refractivity contribution >= 4 is 22.8 Å². The number of nitrogens with zero attached hydrogens (tertiary/aromatic N) is 3. The van der Waals surface area contributed by atoms with Gasteiger partial charge in [0.2, 0.25) is 5.91 Å². The van der Waals surface area contributed by atoms with Crippen molar-refractivity contribution in [1.29, 1.82) is 0 Å². The first-order chi connectivity index (χ1) is 11.6. The summed E-state index contributed by atoms with van der Waals surface area (Å²) >= 11 is 0. The van der Waals surface area contributed by atoms with Crippen LogP contribution in [-0.4, -0.2) is 33.0 Å². The van der Waals surface area contributed by atoms with Crippen LogP contribution in [0.4, 0.5) is 5.82 Å². The van der Waals surface area contributed by atoms with Gasteiger partial charge >= 0.3 is 0 Å². The van der Waals surface area contributed by atoms with Crippen molar-refractivity contribution in [3.8, 4) is 5.75 Å². The van der Waals surface area contributed by atoms with Gasteiger partial charge in [-0.25, -0.2) is 4.68 Å². The van der Waals surface area contributed by atoms with Crippen molar-refractivity contribution in [2.75, 3.05) is 12.4 Å². The molecule has 3 aromatic rings. The number of carbonyl (C=O) groups is 1. The highest BCUT2D eigenvalue weighted by Crippen LogP contribution is 2.48. The minimum atomic E-state index is -0.0209. The molecule has 2 unspecified atom stereocenters. The standard InChI is InChI=1S/C17H19N5O2/c1-9-14-15(19-20-16(14)22(2)21-9)18-17(23)13-8-12(13)10-5-4-6-11(7-10)24-3/h4-7,12-13H,8H2,1-3H3,(H2,18,19,20,23). The van der Waals surface area contributed by atoms with Crippen LogP contribution in [0.1, 0.15) is 23.6 Å². The Hall–Kier alpha value is -2.83. The number of aromatic nitrogens is 4. The second kappa shape index (κ2) is 5.36. The Bertz CT molecular complexity index is 926. The molecule has 1 aliphatic carbocycles. The number of H-pyrrole nitrogens is 1. The number of benzene rings is 1. The highest BCUT2D eigenvalue weighted by molar-refractivity contribution is 6.02. The van der Waals surface area contributed by atoms with Gasteiger partial charge in [0.15, 0.2) is 5.65 Å². The van der Waals surface area contributed by atoms with Crippen LogP contribution in [0.5, 0.6) is 5.75 Å². The van der Waals surface area contributed by atoms with E-state index >= 15 is 0 Å². The maximum Gasteiger partial charge on any atom is 0.229 e. The number of hydrogen-bond donors (Lipinski definition) is 2. The summed E-state index contributed by atoms with van der Waals surface area (Å²) in [5, 5.41) is 15.3. The summed E-state index contributed by atoms with van der Waals surface area (Å²) in [5.41, 5.74) is 2.72. The summed E-state index contributed by atoms with van der Waals surface area (Å²) in [4.78, 5) is 12.6. The van der Waals surface area contributed by atoms with Gasteiger partial charge in [0, 0.05) is 13.0 Å². The van der Waals surface area contributed by atoms with Crippen LogP contribution in [0.3, 0.4) is 0 Å². The summed E-state index contributed by atoms with van der Waals surface area (Å²) in [6.07, 6.45) is 0.850. The lowest BCUT2D eigenvalue weighted by atomic mass is 10.1. The summed E-state index contributed by atoms with van der Waals surface area (Å²) in [6, 6.07) is 7.91. The number of carbonyl (C=O) groups excluding carboxylic acids is 1. The van der Waals surface area contributed by atoms with Gasteiger partial charge < -0.3 is 10.1 Å². The minimum absolute atomic E-state index is 0.0108. The van der Waals surface area contributed by atoms with Gasteiger partial charge in [-0.05, 0) is 37.0 Å². The van der Waals surface area contributed by atoms with E-state index in [2.05, 4.69) is 20.6 Å². The number of hydrogen-bond acceptors (Lipinski definition) is 4. The topological polar surface area (TPSA) is 84.8 Å². The highest BCUT2D eigenvalue weighted by Gasteiger charge is 2.44. The largest absolute Gasteiger partial charge is 0.497 e. The average Bonchev–Trinajstić information content (AvgIpc) is 3.20. The Balaban J connectivity index is 1.51. The van der Waals surface area contributed by atoms with Crippen LogP contribution in [0, 0.1) is 12.8 Å². The van der Waals surface area contributed by atoms with Crippen molar-refractivity contribution in [2.24, 2.45) is 13.0 Å². The molecule has 2 atom stereocenters. The lowest BCUT2D eigenvalue weighted by molar-refractivity contribution is -0.117. The lowest BCUT2D eigenvalue weighted by Gasteiger charge is -2.05. The van der Waals surface area contributed by atoms with Gasteiger partial charge in [-0.15, -0.1) is 0 Å². The molecule has 1 saturated carbocycles. The average molecular weight is 325 g/mol. The predicted octanol–water partition coefficient (Wildman–Crippen LogP) is 2.36. The van der Waals surface area contributed by atoms with Crippen LogP contribution < -0.4 is 10.1 Å². The molecule has 4 rings (SSSR count). The lowest BCUT2D eigenvalue weighted by Crippen LogP contribution is -2.15. The fourth-order valence-corrected chi connectivity index (χ4v) is 3.26. The molecule has 1 fully saturated rings. The second-order valence-corrected chi connectivity index (χ2v) is 6.22. The number of nitrogens with one attached hydrogen (secondary N) is 2. The molecule has 24 heavy (non-hydrogen) atoms. The van der Waals surface area contributed by atoms with E-state index in [1.165, 1.54) is 0 Å². The summed E-state index contributed by atoms with van der Waals surface area (Å²) in [6.45, 7) is 1.91. The Kier molecular flexibility index (Phi) is 3.30. The molecule has 7 heteroatoms. The number of anilines is 1. The number of methoxy groups -OCH3 is 1. The number of aryl methyl sites for hydroxylation is 2. The third-order valence-electron chi connectivity index (χ3n) is 4.61. The maximum absolute atomic E-state index is 12.6.